The molecular formula is C13H21N3O2S. The molecule has 3 N–H and O–H groups in total. The van der Waals surface area contributed by atoms with Gasteiger partial charge in [-0.2, -0.15) is 0 Å². The maximum atomic E-state index is 11.6. The molecule has 1 unspecified atom stereocenters. The molecule has 19 heavy (non-hydrogen) atoms. The molecule has 1 aromatic rings. The Kier molecular flexibility index (Phi) is 5.33. The number of nitrogen functional groups attached to an aromatic ring is 1. The second-order valence-electron chi connectivity index (χ2n) is 4.93. The number of nitrogens with two attached hydrogens (primary N) is 1. The number of amides is 1. The van der Waals surface area contributed by atoms with Crippen molar-refractivity contribution in [2.24, 2.45) is 5.84 Å². The van der Waals surface area contributed by atoms with Gasteiger partial charge < -0.3 is 4.74 Å². The lowest BCUT2D eigenvalue weighted by Gasteiger charge is -2.27. The summed E-state index contributed by atoms with van der Waals surface area (Å²) < 4.78 is 5.73. The van der Waals surface area contributed by atoms with Gasteiger partial charge in [0, 0.05) is 19.7 Å². The molecule has 0 aliphatic carbocycles. The van der Waals surface area contributed by atoms with Crippen molar-refractivity contribution in [1.82, 2.24) is 10.3 Å². The van der Waals surface area contributed by atoms with Crippen molar-refractivity contribution in [2.75, 3.05) is 20.2 Å². The molecule has 0 aromatic carbocycles. The lowest BCUT2D eigenvalue weighted by molar-refractivity contribution is -0.00259. The van der Waals surface area contributed by atoms with Gasteiger partial charge in [-0.15, -0.1) is 11.3 Å². The molecule has 6 heteroatoms. The standard InChI is InChI=1S/C13H21N3O2S/c1-16(9-11-4-2-3-6-18-11)8-10-5-7-19-12(10)13(17)15-14/h5,7,11H,2-4,6,8-9,14H2,1H3,(H,15,17). The number of ether oxygens (including phenoxy) is 1. The normalized spacial score (nSPS) is 19.6. The topological polar surface area (TPSA) is 67.6 Å². The van der Waals surface area contributed by atoms with Crippen LogP contribution >= 0.6 is 11.3 Å². The monoisotopic (exact) mass is 283 g/mol. The smallest absolute Gasteiger partial charge is 0.275 e. The van der Waals surface area contributed by atoms with E-state index < -0.39 is 0 Å². The second kappa shape index (κ2) is 7.00. The fourth-order valence-corrected chi connectivity index (χ4v) is 3.20. The lowest BCUT2D eigenvalue weighted by Crippen LogP contribution is -2.34. The van der Waals surface area contributed by atoms with Crippen LogP contribution in [0.5, 0.6) is 0 Å². The largest absolute Gasteiger partial charge is 0.377 e. The van der Waals surface area contributed by atoms with Crippen molar-refractivity contribution in [3.8, 4) is 0 Å². The van der Waals surface area contributed by atoms with Gasteiger partial charge in [-0.05, 0) is 43.3 Å². The van der Waals surface area contributed by atoms with Crippen LogP contribution in [-0.4, -0.2) is 37.1 Å². The number of hydrazine groups is 1. The van der Waals surface area contributed by atoms with Crippen LogP contribution in [0.4, 0.5) is 0 Å². The Labute approximate surface area is 117 Å². The van der Waals surface area contributed by atoms with Crippen molar-refractivity contribution in [3.05, 3.63) is 21.9 Å². The number of hydrogen-bond acceptors (Lipinski definition) is 5. The molecule has 5 nitrogen and oxygen atoms in total. The number of rotatable bonds is 5. The highest BCUT2D eigenvalue weighted by Gasteiger charge is 2.18. The number of hydrogen-bond donors (Lipinski definition) is 2. The van der Waals surface area contributed by atoms with E-state index in [0.29, 0.717) is 11.0 Å². The molecular weight excluding hydrogens is 262 g/mol. The zero-order valence-electron chi connectivity index (χ0n) is 11.2. The molecule has 0 bridgehead atoms. The van der Waals surface area contributed by atoms with E-state index in [0.717, 1.165) is 31.7 Å². The minimum Gasteiger partial charge on any atom is -0.377 e. The summed E-state index contributed by atoms with van der Waals surface area (Å²) in [5, 5.41) is 1.92. The lowest BCUT2D eigenvalue weighted by atomic mass is 10.1. The van der Waals surface area contributed by atoms with Gasteiger partial charge in [-0.25, -0.2) is 5.84 Å². The molecule has 1 saturated heterocycles. The second-order valence-corrected chi connectivity index (χ2v) is 5.85. The number of nitrogens with zero attached hydrogens (tertiary/aromatic N) is 1. The summed E-state index contributed by atoms with van der Waals surface area (Å²) >= 11 is 1.42. The molecule has 0 saturated carbocycles. The molecule has 1 atom stereocenters. The van der Waals surface area contributed by atoms with E-state index in [9.17, 15) is 4.79 Å². The average Bonchev–Trinajstić information content (AvgIpc) is 2.87. The van der Waals surface area contributed by atoms with Crippen LogP contribution in [0.3, 0.4) is 0 Å². The predicted molar refractivity (Wildman–Crippen MR) is 75.9 cm³/mol. The molecule has 1 amide bonds. The summed E-state index contributed by atoms with van der Waals surface area (Å²) in [5.74, 6) is 4.97. The van der Waals surface area contributed by atoms with Gasteiger partial charge in [-0.1, -0.05) is 0 Å². The fraction of sp³-hybridized carbons (Fsp3) is 0.615. The van der Waals surface area contributed by atoms with E-state index in [1.54, 1.807) is 0 Å². The highest BCUT2D eigenvalue weighted by atomic mass is 32.1. The first-order valence-electron chi connectivity index (χ1n) is 6.58. The molecule has 1 fully saturated rings. The quantitative estimate of drug-likeness (QED) is 0.486. The Morgan fingerprint density at radius 3 is 3.16 bits per heavy atom. The average molecular weight is 283 g/mol. The molecule has 2 heterocycles. The SMILES string of the molecule is CN(Cc1ccsc1C(=O)NN)CC1CCCCO1. The number of thiophene rings is 1. The van der Waals surface area contributed by atoms with Crippen LogP contribution < -0.4 is 11.3 Å². The van der Waals surface area contributed by atoms with Gasteiger partial charge in [-0.3, -0.25) is 15.1 Å². The zero-order chi connectivity index (χ0) is 13.7. The molecule has 2 rings (SSSR count). The van der Waals surface area contributed by atoms with Gasteiger partial charge in [0.15, 0.2) is 0 Å². The van der Waals surface area contributed by atoms with Crippen molar-refractivity contribution < 1.29 is 9.53 Å². The van der Waals surface area contributed by atoms with Crippen molar-refractivity contribution >= 4 is 17.2 Å². The predicted octanol–water partition coefficient (Wildman–Crippen LogP) is 1.35. The number of likely N-dealkylation sites (N-methyl/N-ethyl adjacent to an activating group) is 1. The van der Waals surface area contributed by atoms with Gasteiger partial charge in [0.05, 0.1) is 11.0 Å². The van der Waals surface area contributed by atoms with Gasteiger partial charge in [0.2, 0.25) is 0 Å². The highest BCUT2D eigenvalue weighted by molar-refractivity contribution is 7.12. The Morgan fingerprint density at radius 1 is 1.63 bits per heavy atom. The fourth-order valence-electron chi connectivity index (χ4n) is 2.38. The first-order valence-corrected chi connectivity index (χ1v) is 7.46. The molecule has 0 radical (unpaired) electrons. The maximum Gasteiger partial charge on any atom is 0.275 e. The Morgan fingerprint density at radius 2 is 2.47 bits per heavy atom. The van der Waals surface area contributed by atoms with Crippen molar-refractivity contribution in [1.29, 1.82) is 0 Å². The van der Waals surface area contributed by atoms with E-state index in [-0.39, 0.29) is 5.91 Å². The summed E-state index contributed by atoms with van der Waals surface area (Å²) in [6, 6.07) is 1.98. The summed E-state index contributed by atoms with van der Waals surface area (Å²) in [7, 11) is 2.06. The van der Waals surface area contributed by atoms with E-state index in [1.807, 2.05) is 11.4 Å². The zero-order valence-corrected chi connectivity index (χ0v) is 12.0. The molecule has 106 valence electrons. The number of carbonyl (C=O) groups excluding carboxylic acids is 1. The van der Waals surface area contributed by atoms with E-state index in [4.69, 9.17) is 10.6 Å². The van der Waals surface area contributed by atoms with Crippen LogP contribution in [-0.2, 0) is 11.3 Å². The summed E-state index contributed by atoms with van der Waals surface area (Å²) in [6.45, 7) is 2.52. The minimum atomic E-state index is -0.215. The van der Waals surface area contributed by atoms with Gasteiger partial charge in [0.1, 0.15) is 0 Å². The molecule has 0 spiro atoms. The Balaban J connectivity index is 1.89. The Hall–Kier alpha value is -0.950. The third-order valence-corrected chi connectivity index (χ3v) is 4.27. The first kappa shape index (κ1) is 14.5. The van der Waals surface area contributed by atoms with Gasteiger partial charge >= 0.3 is 0 Å². The van der Waals surface area contributed by atoms with Crippen LogP contribution in [0.15, 0.2) is 11.4 Å². The summed E-state index contributed by atoms with van der Waals surface area (Å²) in [5.41, 5.74) is 3.21. The van der Waals surface area contributed by atoms with Crippen molar-refractivity contribution in [2.45, 2.75) is 31.9 Å². The van der Waals surface area contributed by atoms with E-state index in [1.165, 1.54) is 24.2 Å². The maximum absolute atomic E-state index is 11.6. The first-order chi connectivity index (χ1) is 9.20. The molecule has 1 aliphatic heterocycles. The third kappa shape index (κ3) is 4.01. The summed E-state index contributed by atoms with van der Waals surface area (Å²) in [6.07, 6.45) is 3.87. The van der Waals surface area contributed by atoms with E-state index in [2.05, 4.69) is 17.4 Å². The number of carbonyl (C=O) groups is 1. The van der Waals surface area contributed by atoms with Crippen LogP contribution in [0, 0.1) is 0 Å². The third-order valence-electron chi connectivity index (χ3n) is 3.31. The van der Waals surface area contributed by atoms with Crippen molar-refractivity contribution in [3.63, 3.8) is 0 Å². The highest BCUT2D eigenvalue weighted by Crippen LogP contribution is 2.19. The number of nitrogens with one attached hydrogen (secondary N) is 1. The molecule has 1 aliphatic rings. The Bertz CT molecular complexity index is 416. The van der Waals surface area contributed by atoms with Crippen LogP contribution in [0.1, 0.15) is 34.5 Å². The van der Waals surface area contributed by atoms with Crippen LogP contribution in [0.2, 0.25) is 0 Å². The molecule has 1 aromatic heterocycles. The van der Waals surface area contributed by atoms with Crippen LogP contribution in [0.25, 0.3) is 0 Å². The van der Waals surface area contributed by atoms with E-state index >= 15 is 0 Å². The summed E-state index contributed by atoms with van der Waals surface area (Å²) in [4.78, 5) is 14.5. The minimum absolute atomic E-state index is 0.215. The van der Waals surface area contributed by atoms with Gasteiger partial charge in [0.25, 0.3) is 5.91 Å².